The van der Waals surface area contributed by atoms with Crippen molar-refractivity contribution in [3.8, 4) is 17.2 Å². The highest BCUT2D eigenvalue weighted by Crippen LogP contribution is 2.28. The van der Waals surface area contributed by atoms with E-state index in [2.05, 4.69) is 0 Å². The Kier molecular flexibility index (Phi) is 9.60. The van der Waals surface area contributed by atoms with E-state index in [9.17, 15) is 9.90 Å². The SMILES string of the molecule is COc1cc(/C=C/C=C/C(=O)C=C(O)/C=C/C=C/c2ccc(OC)c(OC)c2)ccc1C. The summed E-state index contributed by atoms with van der Waals surface area (Å²) in [5.74, 6) is 1.65. The first-order chi connectivity index (χ1) is 15.5. The molecule has 0 fully saturated rings. The van der Waals surface area contributed by atoms with Crippen LogP contribution in [0.1, 0.15) is 16.7 Å². The van der Waals surface area contributed by atoms with Crippen LogP contribution in [-0.4, -0.2) is 32.2 Å². The van der Waals surface area contributed by atoms with Crippen LogP contribution in [0, 0.1) is 6.92 Å². The van der Waals surface area contributed by atoms with Gasteiger partial charge in [0.15, 0.2) is 17.3 Å². The molecular weight excluding hydrogens is 404 g/mol. The van der Waals surface area contributed by atoms with Crippen molar-refractivity contribution in [3.63, 3.8) is 0 Å². The first kappa shape index (κ1) is 24.3. The molecule has 0 saturated carbocycles. The Morgan fingerprint density at radius 3 is 1.94 bits per heavy atom. The molecule has 0 aliphatic rings. The maximum Gasteiger partial charge on any atom is 0.182 e. The smallest absolute Gasteiger partial charge is 0.182 e. The largest absolute Gasteiger partial charge is 0.508 e. The molecule has 32 heavy (non-hydrogen) atoms. The Hall–Kier alpha value is -3.99. The fraction of sp³-hybridized carbons (Fsp3) is 0.148. The molecule has 0 aromatic heterocycles. The third-order valence-electron chi connectivity index (χ3n) is 4.46. The van der Waals surface area contributed by atoms with E-state index in [0.29, 0.717) is 11.5 Å². The van der Waals surface area contributed by atoms with Gasteiger partial charge in [0, 0.05) is 6.08 Å². The summed E-state index contributed by atoms with van der Waals surface area (Å²) < 4.78 is 15.8. The second-order valence-corrected chi connectivity index (χ2v) is 6.75. The van der Waals surface area contributed by atoms with Crippen molar-refractivity contribution in [2.75, 3.05) is 21.3 Å². The van der Waals surface area contributed by atoms with Crippen molar-refractivity contribution in [3.05, 3.63) is 101 Å². The van der Waals surface area contributed by atoms with Crippen LogP contribution in [0.15, 0.2) is 84.7 Å². The summed E-state index contributed by atoms with van der Waals surface area (Å²) in [6, 6.07) is 11.4. The van der Waals surface area contributed by atoms with E-state index in [0.717, 1.165) is 28.5 Å². The number of carbonyl (C=O) groups excluding carboxylic acids is 1. The van der Waals surface area contributed by atoms with Crippen molar-refractivity contribution in [2.24, 2.45) is 0 Å². The molecule has 0 aliphatic carbocycles. The van der Waals surface area contributed by atoms with Crippen molar-refractivity contribution < 1.29 is 24.1 Å². The molecule has 5 heteroatoms. The van der Waals surface area contributed by atoms with E-state index in [1.807, 2.05) is 55.5 Å². The van der Waals surface area contributed by atoms with Gasteiger partial charge in [-0.2, -0.15) is 0 Å². The number of aryl methyl sites for hydroxylation is 1. The Morgan fingerprint density at radius 1 is 0.750 bits per heavy atom. The third-order valence-corrected chi connectivity index (χ3v) is 4.46. The van der Waals surface area contributed by atoms with E-state index < -0.39 is 0 Å². The molecule has 0 atom stereocenters. The molecule has 0 saturated heterocycles. The quantitative estimate of drug-likeness (QED) is 0.289. The van der Waals surface area contributed by atoms with Gasteiger partial charge in [-0.25, -0.2) is 0 Å². The van der Waals surface area contributed by atoms with E-state index in [-0.39, 0.29) is 11.5 Å². The minimum atomic E-state index is -0.317. The average molecular weight is 433 g/mol. The molecule has 0 aliphatic heterocycles. The number of aliphatic hydroxyl groups excluding tert-OH is 1. The zero-order chi connectivity index (χ0) is 23.3. The van der Waals surface area contributed by atoms with Crippen molar-refractivity contribution in [1.29, 1.82) is 0 Å². The Labute approximate surface area is 189 Å². The minimum Gasteiger partial charge on any atom is -0.508 e. The molecule has 2 aromatic carbocycles. The molecule has 166 valence electrons. The van der Waals surface area contributed by atoms with Gasteiger partial charge in [0.05, 0.1) is 21.3 Å². The molecule has 2 rings (SSSR count). The number of rotatable bonds is 10. The second-order valence-electron chi connectivity index (χ2n) is 6.75. The Balaban J connectivity index is 1.91. The maximum atomic E-state index is 11.9. The highest BCUT2D eigenvalue weighted by Gasteiger charge is 2.02. The number of ether oxygens (including phenoxy) is 3. The fourth-order valence-corrected chi connectivity index (χ4v) is 2.78. The fourth-order valence-electron chi connectivity index (χ4n) is 2.78. The zero-order valence-electron chi connectivity index (χ0n) is 18.7. The predicted molar refractivity (Wildman–Crippen MR) is 129 cm³/mol. The predicted octanol–water partition coefficient (Wildman–Crippen LogP) is 5.87. The van der Waals surface area contributed by atoms with Gasteiger partial charge >= 0.3 is 0 Å². The molecule has 0 amide bonds. The highest BCUT2D eigenvalue weighted by atomic mass is 16.5. The molecule has 0 spiro atoms. The first-order valence-corrected chi connectivity index (χ1v) is 9.97. The maximum absolute atomic E-state index is 11.9. The van der Waals surface area contributed by atoms with Gasteiger partial charge in [0.25, 0.3) is 0 Å². The van der Waals surface area contributed by atoms with Crippen LogP contribution in [0.25, 0.3) is 12.2 Å². The highest BCUT2D eigenvalue weighted by molar-refractivity contribution is 5.99. The summed E-state index contributed by atoms with van der Waals surface area (Å²) in [6.07, 6.45) is 14.5. The molecule has 5 nitrogen and oxygen atoms in total. The number of allylic oxidation sites excluding steroid dienone is 7. The Morgan fingerprint density at radius 2 is 1.31 bits per heavy atom. The van der Waals surface area contributed by atoms with E-state index >= 15 is 0 Å². The van der Waals surface area contributed by atoms with Crippen LogP contribution in [-0.2, 0) is 4.79 Å². The van der Waals surface area contributed by atoms with E-state index in [1.165, 1.54) is 12.2 Å². The summed E-state index contributed by atoms with van der Waals surface area (Å²) >= 11 is 0. The number of methoxy groups -OCH3 is 3. The molecule has 1 N–H and O–H groups in total. The molecule has 0 heterocycles. The molecule has 0 unspecified atom stereocenters. The molecule has 2 aromatic rings. The summed E-state index contributed by atoms with van der Waals surface area (Å²) in [4.78, 5) is 11.9. The standard InChI is InChI=1S/C27H28O5/c1-20-13-14-21(17-26(20)31-3)9-5-7-11-23(28)19-24(29)12-8-6-10-22-15-16-25(30-2)27(18-22)32-4/h5-19,29H,1-4H3/b9-5+,10-6+,11-7+,12-8+,24-19?. The number of hydrogen-bond acceptors (Lipinski definition) is 5. The molecule has 0 radical (unpaired) electrons. The van der Waals surface area contributed by atoms with E-state index in [4.69, 9.17) is 14.2 Å². The summed E-state index contributed by atoms with van der Waals surface area (Å²) in [5, 5.41) is 9.90. The topological polar surface area (TPSA) is 65.0 Å². The van der Waals surface area contributed by atoms with Gasteiger partial charge in [0.2, 0.25) is 0 Å². The van der Waals surface area contributed by atoms with Crippen molar-refractivity contribution in [2.45, 2.75) is 6.92 Å². The normalized spacial score (nSPS) is 12.3. The number of aliphatic hydroxyl groups is 1. The van der Waals surface area contributed by atoms with Gasteiger partial charge in [-0.05, 0) is 54.0 Å². The van der Waals surface area contributed by atoms with Crippen LogP contribution in [0.2, 0.25) is 0 Å². The average Bonchev–Trinajstić information content (AvgIpc) is 2.80. The van der Waals surface area contributed by atoms with Crippen LogP contribution >= 0.6 is 0 Å². The lowest BCUT2D eigenvalue weighted by Crippen LogP contribution is -1.90. The van der Waals surface area contributed by atoms with Gasteiger partial charge in [0.1, 0.15) is 11.5 Å². The zero-order valence-corrected chi connectivity index (χ0v) is 18.7. The number of ketones is 1. The van der Waals surface area contributed by atoms with Gasteiger partial charge in [-0.3, -0.25) is 4.79 Å². The minimum absolute atomic E-state index is 0.135. The number of carbonyl (C=O) groups is 1. The van der Waals surface area contributed by atoms with Crippen LogP contribution in [0.4, 0.5) is 0 Å². The van der Waals surface area contributed by atoms with Crippen molar-refractivity contribution in [1.82, 2.24) is 0 Å². The van der Waals surface area contributed by atoms with Crippen LogP contribution in [0.5, 0.6) is 17.2 Å². The van der Waals surface area contributed by atoms with Crippen molar-refractivity contribution >= 4 is 17.9 Å². The van der Waals surface area contributed by atoms with Gasteiger partial charge in [-0.1, -0.05) is 54.7 Å². The molecule has 0 bridgehead atoms. The van der Waals surface area contributed by atoms with Gasteiger partial charge < -0.3 is 19.3 Å². The lowest BCUT2D eigenvalue weighted by Gasteiger charge is -2.07. The number of benzene rings is 2. The second kappa shape index (κ2) is 12.6. The number of hydrogen-bond donors (Lipinski definition) is 1. The summed E-state index contributed by atoms with van der Waals surface area (Å²) in [6.45, 7) is 1.98. The van der Waals surface area contributed by atoms with Crippen LogP contribution in [0.3, 0.4) is 0 Å². The van der Waals surface area contributed by atoms with Gasteiger partial charge in [-0.15, -0.1) is 0 Å². The third kappa shape index (κ3) is 7.69. The Bertz CT molecular complexity index is 1070. The monoisotopic (exact) mass is 432 g/mol. The lowest BCUT2D eigenvalue weighted by molar-refractivity contribution is -0.110. The first-order valence-electron chi connectivity index (χ1n) is 9.97. The molecular formula is C27H28O5. The van der Waals surface area contributed by atoms with E-state index in [1.54, 1.807) is 45.6 Å². The summed E-state index contributed by atoms with van der Waals surface area (Å²) in [5.41, 5.74) is 2.93. The van der Waals surface area contributed by atoms with Crippen LogP contribution < -0.4 is 14.2 Å². The lowest BCUT2D eigenvalue weighted by atomic mass is 10.1. The summed E-state index contributed by atoms with van der Waals surface area (Å²) in [7, 11) is 4.79.